The Morgan fingerprint density at radius 3 is 2.61 bits per heavy atom. The molecule has 1 aromatic heterocycles. The van der Waals surface area contributed by atoms with Crippen LogP contribution in [0.25, 0.3) is 0 Å². The molecule has 11 heteroatoms. The molecule has 38 heavy (non-hydrogen) atoms. The van der Waals surface area contributed by atoms with Crippen LogP contribution in [-0.4, -0.2) is 61.0 Å². The number of carbonyl (C=O) groups excluding carboxylic acids is 4. The second kappa shape index (κ2) is 15.1. The molecular weight excluding hydrogens is 496 g/mol. The van der Waals surface area contributed by atoms with Gasteiger partial charge in [-0.1, -0.05) is 33.6 Å². The SMILES string of the molecule is CCCC[C@H]1[C@H](C)OC(=O)C(NC(=O)c2nccc(OC)c2OCOC(C)=O)CCC[C@@H]1OC(=O)C(C)C. The van der Waals surface area contributed by atoms with E-state index in [4.69, 9.17) is 23.7 Å². The first-order valence-corrected chi connectivity index (χ1v) is 13.1. The molecule has 1 unspecified atom stereocenters. The van der Waals surface area contributed by atoms with Crippen LogP contribution in [0.5, 0.6) is 11.5 Å². The lowest BCUT2D eigenvalue weighted by Crippen LogP contribution is -2.44. The number of aromatic nitrogens is 1. The zero-order chi connectivity index (χ0) is 28.2. The van der Waals surface area contributed by atoms with Gasteiger partial charge in [0.05, 0.1) is 13.0 Å². The monoisotopic (exact) mass is 536 g/mol. The zero-order valence-electron chi connectivity index (χ0n) is 23.1. The maximum Gasteiger partial charge on any atom is 0.328 e. The number of methoxy groups -OCH3 is 1. The molecule has 2 heterocycles. The molecule has 0 bridgehead atoms. The lowest BCUT2D eigenvalue weighted by atomic mass is 9.88. The third kappa shape index (κ3) is 8.88. The Hall–Kier alpha value is -3.37. The summed E-state index contributed by atoms with van der Waals surface area (Å²) in [5.41, 5.74) is -0.137. The number of esters is 3. The van der Waals surface area contributed by atoms with Crippen LogP contribution < -0.4 is 14.8 Å². The summed E-state index contributed by atoms with van der Waals surface area (Å²) in [4.78, 5) is 53.9. The highest BCUT2D eigenvalue weighted by Gasteiger charge is 2.36. The molecule has 0 spiro atoms. The normalized spacial score (nSPS) is 21.8. The van der Waals surface area contributed by atoms with Crippen LogP contribution in [0.3, 0.4) is 0 Å². The van der Waals surface area contributed by atoms with Crippen molar-refractivity contribution in [3.63, 3.8) is 0 Å². The second-order valence-electron chi connectivity index (χ2n) is 9.62. The van der Waals surface area contributed by atoms with E-state index >= 15 is 0 Å². The van der Waals surface area contributed by atoms with E-state index in [1.54, 1.807) is 20.8 Å². The van der Waals surface area contributed by atoms with E-state index in [9.17, 15) is 19.2 Å². The first-order chi connectivity index (χ1) is 18.1. The molecular formula is C27H40N2O9. The van der Waals surface area contributed by atoms with Crippen molar-refractivity contribution in [3.8, 4) is 11.5 Å². The molecule has 2 rings (SSSR count). The number of pyridine rings is 1. The van der Waals surface area contributed by atoms with Crippen molar-refractivity contribution in [2.45, 2.75) is 91.4 Å². The summed E-state index contributed by atoms with van der Waals surface area (Å²) >= 11 is 0. The highest BCUT2D eigenvalue weighted by Crippen LogP contribution is 2.31. The Balaban J connectivity index is 2.23. The third-order valence-electron chi connectivity index (χ3n) is 6.35. The Morgan fingerprint density at radius 2 is 1.97 bits per heavy atom. The molecule has 0 aliphatic carbocycles. The molecule has 1 aromatic rings. The fraction of sp³-hybridized carbons (Fsp3) is 0.667. The fourth-order valence-corrected chi connectivity index (χ4v) is 4.22. The largest absolute Gasteiger partial charge is 0.493 e. The van der Waals surface area contributed by atoms with E-state index in [2.05, 4.69) is 17.2 Å². The average molecular weight is 537 g/mol. The first kappa shape index (κ1) is 30.9. The molecule has 0 radical (unpaired) electrons. The van der Waals surface area contributed by atoms with Gasteiger partial charge in [-0.05, 0) is 32.6 Å². The quantitative estimate of drug-likeness (QED) is 0.254. The number of nitrogens with one attached hydrogen (secondary N) is 1. The third-order valence-corrected chi connectivity index (χ3v) is 6.35. The van der Waals surface area contributed by atoms with E-state index in [-0.39, 0.29) is 41.4 Å². The maximum absolute atomic E-state index is 13.2. The predicted molar refractivity (Wildman–Crippen MR) is 136 cm³/mol. The summed E-state index contributed by atoms with van der Waals surface area (Å²) in [5, 5.41) is 2.70. The number of hydrogen-bond acceptors (Lipinski definition) is 10. The van der Waals surface area contributed by atoms with Gasteiger partial charge >= 0.3 is 17.9 Å². The van der Waals surface area contributed by atoms with Crippen LogP contribution in [0, 0.1) is 11.8 Å². The second-order valence-corrected chi connectivity index (χ2v) is 9.62. The van der Waals surface area contributed by atoms with Gasteiger partial charge in [0.25, 0.3) is 5.91 Å². The van der Waals surface area contributed by atoms with Gasteiger partial charge in [0, 0.05) is 25.1 Å². The topological polar surface area (TPSA) is 139 Å². The van der Waals surface area contributed by atoms with Crippen molar-refractivity contribution in [2.24, 2.45) is 11.8 Å². The molecule has 1 fully saturated rings. The number of unbranched alkanes of at least 4 members (excludes halogenated alkanes) is 1. The number of cyclic esters (lactones) is 1. The van der Waals surface area contributed by atoms with Crippen LogP contribution in [0.15, 0.2) is 12.3 Å². The molecule has 1 amide bonds. The molecule has 1 N–H and O–H groups in total. The van der Waals surface area contributed by atoms with E-state index in [0.717, 1.165) is 19.3 Å². The minimum atomic E-state index is -0.953. The van der Waals surface area contributed by atoms with E-state index < -0.39 is 42.9 Å². The van der Waals surface area contributed by atoms with Crippen LogP contribution >= 0.6 is 0 Å². The first-order valence-electron chi connectivity index (χ1n) is 13.1. The van der Waals surface area contributed by atoms with Crippen molar-refractivity contribution >= 4 is 23.8 Å². The number of hydrogen-bond donors (Lipinski definition) is 1. The summed E-state index contributed by atoms with van der Waals surface area (Å²) in [6.07, 6.45) is 4.39. The van der Waals surface area contributed by atoms with Crippen molar-refractivity contribution in [1.82, 2.24) is 10.3 Å². The molecule has 0 saturated carbocycles. The van der Waals surface area contributed by atoms with Gasteiger partial charge in [-0.2, -0.15) is 0 Å². The summed E-state index contributed by atoms with van der Waals surface area (Å²) in [7, 11) is 1.39. The smallest absolute Gasteiger partial charge is 0.328 e. The standard InChI is InChI=1S/C27H40N2O9/c1-7-8-10-19-17(4)37-27(33)20(11-9-12-21(19)38-26(32)16(2)3)29-25(31)23-24(36-15-35-18(5)30)22(34-6)13-14-28-23/h13-14,16-17,19-21H,7-12,15H2,1-6H3,(H,29,31)/t17-,19-,20?,21-/m0/s1. The van der Waals surface area contributed by atoms with Gasteiger partial charge in [0.15, 0.2) is 17.2 Å². The summed E-state index contributed by atoms with van der Waals surface area (Å²) in [6, 6.07) is 0.538. The van der Waals surface area contributed by atoms with Gasteiger partial charge in [-0.25, -0.2) is 9.78 Å². The van der Waals surface area contributed by atoms with Gasteiger partial charge in [0.2, 0.25) is 6.79 Å². The van der Waals surface area contributed by atoms with Gasteiger partial charge < -0.3 is 29.0 Å². The molecule has 11 nitrogen and oxygen atoms in total. The van der Waals surface area contributed by atoms with Gasteiger partial charge in [0.1, 0.15) is 18.2 Å². The molecule has 1 aliphatic rings. The molecule has 1 aliphatic heterocycles. The summed E-state index contributed by atoms with van der Waals surface area (Å²) in [6.45, 7) is 8.21. The fourth-order valence-electron chi connectivity index (χ4n) is 4.22. The number of rotatable bonds is 11. The van der Waals surface area contributed by atoms with Crippen molar-refractivity contribution in [3.05, 3.63) is 18.0 Å². The minimum Gasteiger partial charge on any atom is -0.493 e. The number of nitrogens with zero attached hydrogens (tertiary/aromatic N) is 1. The molecule has 4 atom stereocenters. The Bertz CT molecular complexity index is 966. The molecule has 0 aromatic carbocycles. The zero-order valence-corrected chi connectivity index (χ0v) is 23.1. The van der Waals surface area contributed by atoms with E-state index in [0.29, 0.717) is 12.8 Å². The molecule has 212 valence electrons. The van der Waals surface area contributed by atoms with Gasteiger partial charge in [-0.15, -0.1) is 0 Å². The van der Waals surface area contributed by atoms with Crippen LogP contribution in [0.2, 0.25) is 0 Å². The Kier molecular flexibility index (Phi) is 12.3. The van der Waals surface area contributed by atoms with E-state index in [1.165, 1.54) is 26.3 Å². The van der Waals surface area contributed by atoms with Crippen LogP contribution in [0.4, 0.5) is 0 Å². The molecule has 1 saturated heterocycles. The number of amides is 1. The van der Waals surface area contributed by atoms with Crippen molar-refractivity contribution < 1.29 is 42.9 Å². The van der Waals surface area contributed by atoms with Crippen LogP contribution in [-0.2, 0) is 28.6 Å². The average Bonchev–Trinajstić information content (AvgIpc) is 2.91. The minimum absolute atomic E-state index is 0.0288. The summed E-state index contributed by atoms with van der Waals surface area (Å²) < 4.78 is 27.2. The van der Waals surface area contributed by atoms with E-state index in [1.807, 2.05) is 0 Å². The lowest BCUT2D eigenvalue weighted by Gasteiger charge is -2.31. The van der Waals surface area contributed by atoms with Crippen molar-refractivity contribution in [1.29, 1.82) is 0 Å². The maximum atomic E-state index is 13.2. The lowest BCUT2D eigenvalue weighted by molar-refractivity contribution is -0.164. The van der Waals surface area contributed by atoms with Gasteiger partial charge in [-0.3, -0.25) is 14.4 Å². The Morgan fingerprint density at radius 1 is 1.24 bits per heavy atom. The highest BCUT2D eigenvalue weighted by molar-refractivity contribution is 5.98. The number of carbonyl (C=O) groups is 4. The highest BCUT2D eigenvalue weighted by atomic mass is 16.7. The van der Waals surface area contributed by atoms with Crippen LogP contribution in [0.1, 0.15) is 83.6 Å². The predicted octanol–water partition coefficient (Wildman–Crippen LogP) is 3.58. The Labute approximate surface area is 223 Å². The summed E-state index contributed by atoms with van der Waals surface area (Å²) in [5.74, 6) is -2.35. The van der Waals surface area contributed by atoms with Crippen molar-refractivity contribution in [2.75, 3.05) is 13.9 Å². The number of ether oxygens (including phenoxy) is 5.